The number of halogens is 1. The van der Waals surface area contributed by atoms with Crippen LogP contribution in [0.3, 0.4) is 0 Å². The van der Waals surface area contributed by atoms with Crippen molar-refractivity contribution in [3.8, 4) is 23.3 Å². The normalized spacial score (nSPS) is 11.2. The first-order chi connectivity index (χ1) is 6.56. The number of nitrogens with two attached hydrogens (primary N) is 1. The first-order valence-electron chi connectivity index (χ1n) is 3.93. The summed E-state index contributed by atoms with van der Waals surface area (Å²) < 4.78 is 0. The molecule has 0 aromatic heterocycles. The smallest absolute Gasteiger partial charge is 0.127 e. The van der Waals surface area contributed by atoms with Crippen LogP contribution in [-0.4, -0.2) is 15.3 Å². The molecule has 6 heteroatoms. The minimum atomic E-state index is -0.763. The van der Waals surface area contributed by atoms with Crippen molar-refractivity contribution in [2.45, 2.75) is 12.5 Å². The van der Waals surface area contributed by atoms with Crippen molar-refractivity contribution >= 4 is 12.4 Å². The van der Waals surface area contributed by atoms with Gasteiger partial charge in [0.25, 0.3) is 0 Å². The Labute approximate surface area is 92.8 Å². The monoisotopic (exact) mass is 230 g/mol. The highest BCUT2D eigenvalue weighted by molar-refractivity contribution is 5.85. The summed E-state index contributed by atoms with van der Waals surface area (Å²) >= 11 is 0. The summed E-state index contributed by atoms with van der Waals surface area (Å²) in [6, 6.07) is 3.19. The van der Waals surface area contributed by atoms with Gasteiger partial charge in [-0.1, -0.05) is 0 Å². The van der Waals surface area contributed by atoms with Crippen molar-refractivity contribution in [3.63, 3.8) is 0 Å². The van der Waals surface area contributed by atoms with Gasteiger partial charge in [-0.25, -0.2) is 0 Å². The zero-order valence-electron chi connectivity index (χ0n) is 7.71. The summed E-state index contributed by atoms with van der Waals surface area (Å²) in [6.07, 6.45) is -0.0219. The molecule has 82 valence electrons. The third kappa shape index (κ3) is 2.91. The van der Waals surface area contributed by atoms with E-state index in [0.29, 0.717) is 0 Å². The van der Waals surface area contributed by atoms with E-state index in [-0.39, 0.29) is 41.6 Å². The third-order valence-electron chi connectivity index (χ3n) is 1.80. The molecule has 1 aromatic carbocycles. The van der Waals surface area contributed by atoms with Crippen LogP contribution in [0.4, 0.5) is 0 Å². The maximum absolute atomic E-state index is 9.36. The van der Waals surface area contributed by atoms with Gasteiger partial charge in [-0.15, -0.1) is 12.4 Å². The average Bonchev–Trinajstić information content (AvgIpc) is 2.01. The Morgan fingerprint density at radius 3 is 2.13 bits per heavy atom. The Kier molecular flexibility index (Phi) is 4.71. The number of nitrogens with zero attached hydrogens (tertiary/aromatic N) is 1. The lowest BCUT2D eigenvalue weighted by Gasteiger charge is -2.12. The Morgan fingerprint density at radius 1 is 1.27 bits per heavy atom. The molecule has 0 bridgehead atoms. The van der Waals surface area contributed by atoms with Crippen LogP contribution in [0.5, 0.6) is 17.2 Å². The van der Waals surface area contributed by atoms with E-state index in [9.17, 15) is 10.2 Å². The van der Waals surface area contributed by atoms with Crippen LogP contribution in [0.15, 0.2) is 12.1 Å². The Morgan fingerprint density at radius 2 is 1.73 bits per heavy atom. The van der Waals surface area contributed by atoms with E-state index >= 15 is 0 Å². The minimum absolute atomic E-state index is 0. The van der Waals surface area contributed by atoms with Crippen LogP contribution < -0.4 is 5.73 Å². The number of nitriles is 1. The predicted molar refractivity (Wildman–Crippen MR) is 55.8 cm³/mol. The van der Waals surface area contributed by atoms with Crippen molar-refractivity contribution in [2.75, 3.05) is 0 Å². The van der Waals surface area contributed by atoms with Crippen LogP contribution >= 0.6 is 12.4 Å². The fourth-order valence-electron chi connectivity index (χ4n) is 1.19. The topological polar surface area (TPSA) is 111 Å². The molecule has 0 saturated heterocycles. The van der Waals surface area contributed by atoms with Gasteiger partial charge in [0, 0.05) is 12.1 Å². The van der Waals surface area contributed by atoms with Crippen molar-refractivity contribution in [1.29, 1.82) is 5.26 Å². The number of hydrogen-bond acceptors (Lipinski definition) is 5. The summed E-state index contributed by atoms with van der Waals surface area (Å²) in [4.78, 5) is 0. The molecular weight excluding hydrogens is 220 g/mol. The van der Waals surface area contributed by atoms with Gasteiger partial charge in [-0.2, -0.15) is 5.26 Å². The molecular formula is C9H11ClN2O3. The molecule has 5 N–H and O–H groups in total. The van der Waals surface area contributed by atoms with E-state index < -0.39 is 6.04 Å². The summed E-state index contributed by atoms with van der Waals surface area (Å²) in [7, 11) is 0. The van der Waals surface area contributed by atoms with Crippen LogP contribution in [0, 0.1) is 11.3 Å². The summed E-state index contributed by atoms with van der Waals surface area (Å²) in [5, 5.41) is 36.1. The lowest BCUT2D eigenvalue weighted by atomic mass is 10.0. The van der Waals surface area contributed by atoms with Gasteiger partial charge in [0.05, 0.1) is 24.1 Å². The highest BCUT2D eigenvalue weighted by atomic mass is 35.5. The number of benzene rings is 1. The molecule has 0 fully saturated rings. The highest BCUT2D eigenvalue weighted by Gasteiger charge is 2.16. The summed E-state index contributed by atoms with van der Waals surface area (Å²) in [5.41, 5.74) is 5.61. The number of phenols is 3. The van der Waals surface area contributed by atoms with Crippen LogP contribution in [0.1, 0.15) is 18.0 Å². The zero-order valence-corrected chi connectivity index (χ0v) is 8.53. The van der Waals surface area contributed by atoms with E-state index in [1.54, 1.807) is 0 Å². The predicted octanol–water partition coefficient (Wildman–Crippen LogP) is 1.14. The molecule has 0 aliphatic carbocycles. The first-order valence-corrected chi connectivity index (χ1v) is 3.93. The van der Waals surface area contributed by atoms with Gasteiger partial charge >= 0.3 is 0 Å². The average molecular weight is 231 g/mol. The molecule has 15 heavy (non-hydrogen) atoms. The maximum Gasteiger partial charge on any atom is 0.127 e. The number of aromatic hydroxyl groups is 3. The minimum Gasteiger partial charge on any atom is -0.508 e. The quantitative estimate of drug-likeness (QED) is 0.609. The highest BCUT2D eigenvalue weighted by Crippen LogP contribution is 2.36. The SMILES string of the molecule is Cl.N#CC[C@H](N)c1c(O)cc(O)cc1O. The van der Waals surface area contributed by atoms with Crippen molar-refractivity contribution in [1.82, 2.24) is 0 Å². The first kappa shape index (κ1) is 13.4. The van der Waals surface area contributed by atoms with Gasteiger partial charge in [-0.3, -0.25) is 0 Å². The van der Waals surface area contributed by atoms with Gasteiger partial charge in [0.15, 0.2) is 0 Å². The number of rotatable bonds is 2. The van der Waals surface area contributed by atoms with Crippen molar-refractivity contribution < 1.29 is 15.3 Å². The van der Waals surface area contributed by atoms with Crippen molar-refractivity contribution in [2.24, 2.45) is 5.73 Å². The van der Waals surface area contributed by atoms with E-state index in [1.807, 2.05) is 6.07 Å². The fraction of sp³-hybridized carbons (Fsp3) is 0.222. The molecule has 0 radical (unpaired) electrons. The molecule has 0 aliphatic heterocycles. The Balaban J connectivity index is 0.00000196. The van der Waals surface area contributed by atoms with Gasteiger partial charge in [-0.05, 0) is 0 Å². The largest absolute Gasteiger partial charge is 0.508 e. The molecule has 5 nitrogen and oxygen atoms in total. The molecule has 0 saturated carbocycles. The maximum atomic E-state index is 9.36. The zero-order chi connectivity index (χ0) is 10.7. The third-order valence-corrected chi connectivity index (χ3v) is 1.80. The second-order valence-electron chi connectivity index (χ2n) is 2.87. The summed E-state index contributed by atoms with van der Waals surface area (Å²) in [5.74, 6) is -0.886. The second kappa shape index (κ2) is 5.29. The molecule has 1 aromatic rings. The number of phenolic OH excluding ortho intramolecular Hbond substituents is 3. The van der Waals surface area contributed by atoms with Gasteiger partial charge in [0.2, 0.25) is 0 Å². The molecule has 0 amide bonds. The van der Waals surface area contributed by atoms with Crippen LogP contribution in [0.25, 0.3) is 0 Å². The van der Waals surface area contributed by atoms with E-state index in [4.69, 9.17) is 16.1 Å². The van der Waals surface area contributed by atoms with E-state index in [1.165, 1.54) is 0 Å². The van der Waals surface area contributed by atoms with E-state index in [0.717, 1.165) is 12.1 Å². The molecule has 0 spiro atoms. The molecule has 0 unspecified atom stereocenters. The van der Waals surface area contributed by atoms with Gasteiger partial charge in [0.1, 0.15) is 17.2 Å². The van der Waals surface area contributed by atoms with E-state index in [2.05, 4.69) is 0 Å². The lowest BCUT2D eigenvalue weighted by Crippen LogP contribution is -2.09. The lowest BCUT2D eigenvalue weighted by molar-refractivity contribution is 0.412. The molecule has 1 rings (SSSR count). The summed E-state index contributed by atoms with van der Waals surface area (Å²) in [6.45, 7) is 0. The van der Waals surface area contributed by atoms with Crippen molar-refractivity contribution in [3.05, 3.63) is 17.7 Å². The molecule has 0 aliphatic rings. The molecule has 0 heterocycles. The van der Waals surface area contributed by atoms with Gasteiger partial charge < -0.3 is 21.1 Å². The fourth-order valence-corrected chi connectivity index (χ4v) is 1.19. The Bertz CT molecular complexity index is 366. The Hall–Kier alpha value is -1.64. The standard InChI is InChI=1S/C9H10N2O3.ClH/c10-2-1-6(11)9-7(13)3-5(12)4-8(9)14;/h3-4,6,12-14H,1,11H2;1H/t6-;/m0./s1. The van der Waals surface area contributed by atoms with Crippen LogP contribution in [-0.2, 0) is 0 Å². The second-order valence-corrected chi connectivity index (χ2v) is 2.87. The molecule has 1 atom stereocenters. The van der Waals surface area contributed by atoms with Crippen LogP contribution in [0.2, 0.25) is 0 Å². The number of hydrogen-bond donors (Lipinski definition) is 4.